The van der Waals surface area contributed by atoms with Crippen molar-refractivity contribution in [1.82, 2.24) is 9.97 Å². The van der Waals surface area contributed by atoms with Gasteiger partial charge in [0.05, 0.1) is 5.56 Å². The van der Waals surface area contributed by atoms with Crippen LogP contribution in [0.3, 0.4) is 0 Å². The number of aromatic nitrogens is 2. The van der Waals surface area contributed by atoms with E-state index in [4.69, 9.17) is 5.11 Å². The van der Waals surface area contributed by atoms with E-state index in [-0.39, 0.29) is 0 Å². The Balaban J connectivity index is 1.90. The molecule has 3 rings (SSSR count). The highest BCUT2D eigenvalue weighted by Crippen LogP contribution is 2.26. The highest BCUT2D eigenvalue weighted by molar-refractivity contribution is 5.88. The number of carbonyl (C=O) groups is 1. The van der Waals surface area contributed by atoms with Crippen molar-refractivity contribution in [3.8, 4) is 0 Å². The third-order valence-corrected chi connectivity index (χ3v) is 3.01. The Hall–Kier alpha value is -2.43. The molecule has 0 atom stereocenters. The lowest BCUT2D eigenvalue weighted by atomic mass is 10.1. The third-order valence-electron chi connectivity index (χ3n) is 3.01. The molecule has 1 N–H and O–H groups in total. The molecule has 1 aliphatic heterocycles. The molecule has 0 saturated heterocycles. The van der Waals surface area contributed by atoms with Gasteiger partial charge in [0.15, 0.2) is 0 Å². The molecular formula is C13H11N3O2. The molecule has 0 unspecified atom stereocenters. The van der Waals surface area contributed by atoms with E-state index in [1.54, 1.807) is 30.6 Å². The Morgan fingerprint density at radius 2 is 1.89 bits per heavy atom. The van der Waals surface area contributed by atoms with Gasteiger partial charge in [-0.25, -0.2) is 14.8 Å². The average Bonchev–Trinajstić information content (AvgIpc) is 2.82. The second-order valence-corrected chi connectivity index (χ2v) is 4.19. The molecule has 2 aromatic rings. The normalized spacial score (nSPS) is 13.4. The fourth-order valence-electron chi connectivity index (χ4n) is 2.12. The molecule has 2 heterocycles. The minimum Gasteiger partial charge on any atom is -0.478 e. The molecule has 1 aromatic heterocycles. The molecule has 1 aliphatic rings. The van der Waals surface area contributed by atoms with Crippen LogP contribution >= 0.6 is 0 Å². The molecule has 5 heteroatoms. The van der Waals surface area contributed by atoms with Gasteiger partial charge in [-0.3, -0.25) is 0 Å². The van der Waals surface area contributed by atoms with Gasteiger partial charge in [-0.05, 0) is 29.3 Å². The van der Waals surface area contributed by atoms with Gasteiger partial charge in [-0.15, -0.1) is 0 Å². The molecule has 0 fully saturated rings. The van der Waals surface area contributed by atoms with Gasteiger partial charge in [-0.1, -0.05) is 6.07 Å². The summed E-state index contributed by atoms with van der Waals surface area (Å²) in [6, 6.07) is 6.99. The average molecular weight is 241 g/mol. The topological polar surface area (TPSA) is 66.3 Å². The Morgan fingerprint density at radius 3 is 2.61 bits per heavy atom. The van der Waals surface area contributed by atoms with Crippen LogP contribution < -0.4 is 4.90 Å². The smallest absolute Gasteiger partial charge is 0.335 e. The minimum absolute atomic E-state index is 0.324. The van der Waals surface area contributed by atoms with E-state index in [0.717, 1.165) is 17.7 Å². The number of carboxylic acid groups (broad SMARTS) is 1. The van der Waals surface area contributed by atoms with E-state index in [1.165, 1.54) is 0 Å². The van der Waals surface area contributed by atoms with Crippen LogP contribution in [0, 0.1) is 0 Å². The lowest BCUT2D eigenvalue weighted by Crippen LogP contribution is -2.17. The van der Waals surface area contributed by atoms with Crippen molar-refractivity contribution in [2.75, 3.05) is 4.90 Å². The first-order valence-electron chi connectivity index (χ1n) is 5.61. The van der Waals surface area contributed by atoms with E-state index in [1.807, 2.05) is 11.0 Å². The van der Waals surface area contributed by atoms with E-state index >= 15 is 0 Å². The second-order valence-electron chi connectivity index (χ2n) is 4.19. The third kappa shape index (κ3) is 1.79. The maximum absolute atomic E-state index is 10.9. The van der Waals surface area contributed by atoms with Crippen LogP contribution in [0.1, 0.15) is 21.5 Å². The number of fused-ring (bicyclic) bond motifs is 1. The Kier molecular flexibility index (Phi) is 2.44. The van der Waals surface area contributed by atoms with Crippen LogP contribution in [0.15, 0.2) is 36.7 Å². The number of hydrogen-bond acceptors (Lipinski definition) is 4. The Bertz CT molecular complexity index is 598. The highest BCUT2D eigenvalue weighted by atomic mass is 16.4. The molecule has 0 saturated carbocycles. The summed E-state index contributed by atoms with van der Waals surface area (Å²) in [5, 5.41) is 8.96. The standard InChI is InChI=1S/C13H11N3O2/c17-12(18)9-2-3-10-7-16(8-11(10)6-9)13-14-4-1-5-15-13/h1-6H,7-8H2,(H,17,18). The SMILES string of the molecule is O=C(O)c1ccc2c(c1)CN(c1ncccn1)C2. The van der Waals surface area contributed by atoms with Crippen LogP contribution in [0.2, 0.25) is 0 Å². The summed E-state index contributed by atoms with van der Waals surface area (Å²) in [4.78, 5) is 21.3. The predicted molar refractivity (Wildman–Crippen MR) is 65.3 cm³/mol. The number of rotatable bonds is 2. The quantitative estimate of drug-likeness (QED) is 0.866. The Labute approximate surface area is 104 Å². The van der Waals surface area contributed by atoms with Crippen LogP contribution in [0.5, 0.6) is 0 Å². The number of aromatic carboxylic acids is 1. The molecule has 0 radical (unpaired) electrons. The second kappa shape index (κ2) is 4.10. The Morgan fingerprint density at radius 1 is 1.17 bits per heavy atom. The van der Waals surface area contributed by atoms with Crippen molar-refractivity contribution in [3.05, 3.63) is 53.3 Å². The fraction of sp³-hybridized carbons (Fsp3) is 0.154. The first kappa shape index (κ1) is 10.7. The summed E-state index contributed by atoms with van der Waals surface area (Å²) in [6.45, 7) is 1.37. The molecule has 1 aromatic carbocycles. The molecule has 5 nitrogen and oxygen atoms in total. The van der Waals surface area contributed by atoms with Crippen molar-refractivity contribution in [2.24, 2.45) is 0 Å². The first-order valence-corrected chi connectivity index (χ1v) is 5.61. The summed E-state index contributed by atoms with van der Waals surface area (Å²) in [7, 11) is 0. The summed E-state index contributed by atoms with van der Waals surface area (Å²) < 4.78 is 0. The molecule has 0 amide bonds. The van der Waals surface area contributed by atoms with E-state index < -0.39 is 5.97 Å². The number of carboxylic acids is 1. The zero-order chi connectivity index (χ0) is 12.5. The maximum atomic E-state index is 10.9. The first-order chi connectivity index (χ1) is 8.74. The van der Waals surface area contributed by atoms with Crippen LogP contribution in [-0.4, -0.2) is 21.0 Å². The zero-order valence-corrected chi connectivity index (χ0v) is 9.58. The van der Waals surface area contributed by atoms with Crippen molar-refractivity contribution in [2.45, 2.75) is 13.1 Å². The number of anilines is 1. The maximum Gasteiger partial charge on any atom is 0.335 e. The van der Waals surface area contributed by atoms with Gasteiger partial charge in [0.1, 0.15) is 0 Å². The zero-order valence-electron chi connectivity index (χ0n) is 9.58. The molecule has 0 aliphatic carbocycles. The number of hydrogen-bond donors (Lipinski definition) is 1. The highest BCUT2D eigenvalue weighted by Gasteiger charge is 2.21. The number of nitrogens with zero attached hydrogens (tertiary/aromatic N) is 3. The van der Waals surface area contributed by atoms with Gasteiger partial charge in [-0.2, -0.15) is 0 Å². The van der Waals surface area contributed by atoms with E-state index in [9.17, 15) is 4.79 Å². The van der Waals surface area contributed by atoms with Crippen LogP contribution in [0.4, 0.5) is 5.95 Å². The molecular weight excluding hydrogens is 230 g/mol. The summed E-state index contributed by atoms with van der Waals surface area (Å²) >= 11 is 0. The molecule has 0 spiro atoms. The molecule has 18 heavy (non-hydrogen) atoms. The van der Waals surface area contributed by atoms with Crippen molar-refractivity contribution in [1.29, 1.82) is 0 Å². The lowest BCUT2D eigenvalue weighted by molar-refractivity contribution is 0.0697. The van der Waals surface area contributed by atoms with Gasteiger partial charge in [0.25, 0.3) is 0 Å². The summed E-state index contributed by atoms with van der Waals surface area (Å²) in [6.07, 6.45) is 3.40. The fourth-order valence-corrected chi connectivity index (χ4v) is 2.12. The summed E-state index contributed by atoms with van der Waals surface area (Å²) in [5.41, 5.74) is 2.49. The van der Waals surface area contributed by atoms with Crippen molar-refractivity contribution in [3.63, 3.8) is 0 Å². The van der Waals surface area contributed by atoms with Gasteiger partial charge in [0, 0.05) is 25.5 Å². The summed E-state index contributed by atoms with van der Waals surface area (Å²) in [5.74, 6) is -0.224. The van der Waals surface area contributed by atoms with Gasteiger partial charge in [0.2, 0.25) is 5.95 Å². The largest absolute Gasteiger partial charge is 0.478 e. The molecule has 90 valence electrons. The van der Waals surface area contributed by atoms with Crippen molar-refractivity contribution < 1.29 is 9.90 Å². The van der Waals surface area contributed by atoms with Gasteiger partial charge >= 0.3 is 5.97 Å². The van der Waals surface area contributed by atoms with Crippen molar-refractivity contribution >= 4 is 11.9 Å². The van der Waals surface area contributed by atoms with E-state index in [2.05, 4.69) is 9.97 Å². The minimum atomic E-state index is -0.896. The van der Waals surface area contributed by atoms with Crippen LogP contribution in [0.25, 0.3) is 0 Å². The monoisotopic (exact) mass is 241 g/mol. The van der Waals surface area contributed by atoms with Gasteiger partial charge < -0.3 is 10.0 Å². The predicted octanol–water partition coefficient (Wildman–Crippen LogP) is 1.70. The number of benzene rings is 1. The van der Waals surface area contributed by atoms with Crippen LogP contribution in [-0.2, 0) is 13.1 Å². The van der Waals surface area contributed by atoms with E-state index in [0.29, 0.717) is 18.1 Å². The molecule has 0 bridgehead atoms. The lowest BCUT2D eigenvalue weighted by Gasteiger charge is -2.13.